The monoisotopic (exact) mass is 326 g/mol. The number of carbonyl (C=O) groups excluding carboxylic acids is 1. The molecule has 2 aromatic rings. The Morgan fingerprint density at radius 3 is 2.67 bits per heavy atom. The average Bonchev–Trinajstić information content (AvgIpc) is 2.35. The van der Waals surface area contributed by atoms with Gasteiger partial charge in [-0.25, -0.2) is 4.39 Å². The van der Waals surface area contributed by atoms with Gasteiger partial charge in [-0.1, -0.05) is 29.3 Å². The van der Waals surface area contributed by atoms with Crippen molar-refractivity contribution < 1.29 is 9.18 Å². The minimum absolute atomic E-state index is 0.0370. The topological polar surface area (TPSA) is 17.1 Å². The summed E-state index contributed by atoms with van der Waals surface area (Å²) in [6.45, 7) is 1.80. The number of aryl methyl sites for hydroxylation is 1. The van der Waals surface area contributed by atoms with E-state index >= 15 is 0 Å². The van der Waals surface area contributed by atoms with E-state index in [0.29, 0.717) is 9.50 Å². The first-order chi connectivity index (χ1) is 8.50. The molecule has 0 saturated carbocycles. The van der Waals surface area contributed by atoms with Gasteiger partial charge in [0.2, 0.25) is 0 Å². The highest BCUT2D eigenvalue weighted by atomic mass is 79.9. The van der Waals surface area contributed by atoms with Gasteiger partial charge in [0.05, 0.1) is 10.6 Å². The molecule has 0 unspecified atom stereocenters. The average molecular weight is 328 g/mol. The van der Waals surface area contributed by atoms with E-state index in [0.717, 1.165) is 5.56 Å². The maximum atomic E-state index is 13.7. The molecule has 92 valence electrons. The zero-order valence-corrected chi connectivity index (χ0v) is 11.8. The summed E-state index contributed by atoms with van der Waals surface area (Å²) in [6, 6.07) is 9.43. The van der Waals surface area contributed by atoms with E-state index < -0.39 is 11.6 Å². The standard InChI is InChI=1S/C14H9BrClFO/c1-8-5-6-12(17)10(7-8)14(18)9-3-2-4-11(15)13(9)16/h2-7H,1H3. The number of benzene rings is 2. The van der Waals surface area contributed by atoms with Crippen LogP contribution in [-0.4, -0.2) is 5.78 Å². The van der Waals surface area contributed by atoms with E-state index in [9.17, 15) is 9.18 Å². The van der Waals surface area contributed by atoms with Crippen molar-refractivity contribution in [2.24, 2.45) is 0 Å². The fourth-order valence-electron chi connectivity index (χ4n) is 1.64. The minimum atomic E-state index is -0.540. The van der Waals surface area contributed by atoms with Gasteiger partial charge in [0, 0.05) is 10.0 Å². The van der Waals surface area contributed by atoms with E-state index in [1.165, 1.54) is 12.1 Å². The Balaban J connectivity index is 2.55. The minimum Gasteiger partial charge on any atom is -0.288 e. The van der Waals surface area contributed by atoms with Gasteiger partial charge in [0.15, 0.2) is 5.78 Å². The molecule has 4 heteroatoms. The molecule has 0 heterocycles. The quantitative estimate of drug-likeness (QED) is 0.725. The normalized spacial score (nSPS) is 10.4. The smallest absolute Gasteiger partial charge is 0.197 e. The molecule has 0 fully saturated rings. The SMILES string of the molecule is Cc1ccc(F)c(C(=O)c2cccc(Br)c2Cl)c1. The number of hydrogen-bond donors (Lipinski definition) is 0. The molecule has 1 nitrogen and oxygen atoms in total. The molecule has 18 heavy (non-hydrogen) atoms. The molecule has 0 amide bonds. The van der Waals surface area contributed by atoms with Gasteiger partial charge in [-0.05, 0) is 47.1 Å². The van der Waals surface area contributed by atoms with Crippen LogP contribution < -0.4 is 0 Å². The molecule has 2 rings (SSSR count). The third-order valence-electron chi connectivity index (χ3n) is 2.56. The molecular formula is C14H9BrClFO. The summed E-state index contributed by atoms with van der Waals surface area (Å²) in [5.74, 6) is -0.954. The Morgan fingerprint density at radius 1 is 1.22 bits per heavy atom. The molecule has 0 aromatic heterocycles. The van der Waals surface area contributed by atoms with Gasteiger partial charge in [-0.15, -0.1) is 0 Å². The lowest BCUT2D eigenvalue weighted by atomic mass is 10.0. The summed E-state index contributed by atoms with van der Waals surface area (Å²) in [4.78, 5) is 12.2. The second kappa shape index (κ2) is 5.21. The van der Waals surface area contributed by atoms with Crippen molar-refractivity contribution in [1.29, 1.82) is 0 Å². The second-order valence-electron chi connectivity index (χ2n) is 3.91. The summed E-state index contributed by atoms with van der Waals surface area (Å²) >= 11 is 9.28. The van der Waals surface area contributed by atoms with E-state index in [4.69, 9.17) is 11.6 Å². The predicted molar refractivity (Wildman–Crippen MR) is 73.7 cm³/mol. The molecule has 0 radical (unpaired) electrons. The van der Waals surface area contributed by atoms with E-state index in [1.807, 2.05) is 0 Å². The van der Waals surface area contributed by atoms with Gasteiger partial charge in [0.1, 0.15) is 5.82 Å². The summed E-state index contributed by atoms with van der Waals surface area (Å²) in [5.41, 5.74) is 1.15. The Hall–Kier alpha value is -1.19. The predicted octanol–water partition coefficient (Wildman–Crippen LogP) is 4.78. The number of rotatable bonds is 2. The lowest BCUT2D eigenvalue weighted by molar-refractivity contribution is 0.103. The Morgan fingerprint density at radius 2 is 1.94 bits per heavy atom. The van der Waals surface area contributed by atoms with Crippen LogP contribution in [0.15, 0.2) is 40.9 Å². The van der Waals surface area contributed by atoms with Gasteiger partial charge in [0.25, 0.3) is 0 Å². The Bertz CT molecular complexity index is 621. The fraction of sp³-hybridized carbons (Fsp3) is 0.0714. The molecular weight excluding hydrogens is 319 g/mol. The van der Waals surface area contributed by atoms with Crippen LogP contribution in [0.3, 0.4) is 0 Å². The summed E-state index contributed by atoms with van der Waals surface area (Å²) in [6.07, 6.45) is 0. The van der Waals surface area contributed by atoms with Crippen LogP contribution in [0.5, 0.6) is 0 Å². The fourth-order valence-corrected chi connectivity index (χ4v) is 2.22. The molecule has 0 saturated heterocycles. The molecule has 2 aromatic carbocycles. The van der Waals surface area contributed by atoms with Crippen LogP contribution in [0.1, 0.15) is 21.5 Å². The molecule has 0 atom stereocenters. The van der Waals surface area contributed by atoms with Crippen LogP contribution in [0.4, 0.5) is 4.39 Å². The zero-order valence-electron chi connectivity index (χ0n) is 9.51. The van der Waals surface area contributed by atoms with Crippen LogP contribution >= 0.6 is 27.5 Å². The highest BCUT2D eigenvalue weighted by Crippen LogP contribution is 2.28. The van der Waals surface area contributed by atoms with Gasteiger partial charge >= 0.3 is 0 Å². The van der Waals surface area contributed by atoms with Crippen molar-refractivity contribution in [2.45, 2.75) is 6.92 Å². The number of hydrogen-bond acceptors (Lipinski definition) is 1. The molecule has 0 aliphatic heterocycles. The summed E-state index contributed by atoms with van der Waals surface area (Å²) < 4.78 is 14.3. The van der Waals surface area contributed by atoms with Crippen LogP contribution in [0.25, 0.3) is 0 Å². The van der Waals surface area contributed by atoms with Crippen molar-refractivity contribution in [3.05, 3.63) is 68.4 Å². The summed E-state index contributed by atoms with van der Waals surface area (Å²) in [7, 11) is 0. The maximum absolute atomic E-state index is 13.7. The Kier molecular flexibility index (Phi) is 3.83. The van der Waals surface area contributed by atoms with E-state index in [-0.39, 0.29) is 11.1 Å². The molecule has 0 bridgehead atoms. The largest absolute Gasteiger partial charge is 0.288 e. The highest BCUT2D eigenvalue weighted by Gasteiger charge is 2.17. The third kappa shape index (κ3) is 2.47. The zero-order chi connectivity index (χ0) is 13.3. The maximum Gasteiger partial charge on any atom is 0.197 e. The van der Waals surface area contributed by atoms with Gasteiger partial charge in [-0.2, -0.15) is 0 Å². The van der Waals surface area contributed by atoms with Crippen molar-refractivity contribution in [3.8, 4) is 0 Å². The van der Waals surface area contributed by atoms with Crippen molar-refractivity contribution in [2.75, 3.05) is 0 Å². The Labute approximate surface area is 118 Å². The first kappa shape index (κ1) is 13.2. The van der Waals surface area contributed by atoms with Crippen LogP contribution in [0.2, 0.25) is 5.02 Å². The molecule has 0 N–H and O–H groups in total. The van der Waals surface area contributed by atoms with Crippen LogP contribution in [-0.2, 0) is 0 Å². The lowest BCUT2D eigenvalue weighted by Crippen LogP contribution is -2.05. The summed E-state index contributed by atoms with van der Waals surface area (Å²) in [5, 5.41) is 0.295. The first-order valence-electron chi connectivity index (χ1n) is 5.25. The van der Waals surface area contributed by atoms with E-state index in [1.54, 1.807) is 31.2 Å². The second-order valence-corrected chi connectivity index (χ2v) is 5.15. The number of ketones is 1. The number of carbonyl (C=O) groups is 1. The van der Waals surface area contributed by atoms with Gasteiger partial charge in [-0.3, -0.25) is 4.79 Å². The van der Waals surface area contributed by atoms with Crippen LogP contribution in [0, 0.1) is 12.7 Å². The number of halogens is 3. The molecule has 0 aliphatic carbocycles. The van der Waals surface area contributed by atoms with Crippen molar-refractivity contribution in [3.63, 3.8) is 0 Å². The van der Waals surface area contributed by atoms with Crippen molar-refractivity contribution in [1.82, 2.24) is 0 Å². The molecule has 0 spiro atoms. The molecule has 0 aliphatic rings. The lowest BCUT2D eigenvalue weighted by Gasteiger charge is -2.07. The third-order valence-corrected chi connectivity index (χ3v) is 3.86. The van der Waals surface area contributed by atoms with Gasteiger partial charge < -0.3 is 0 Å². The first-order valence-corrected chi connectivity index (χ1v) is 6.42. The van der Waals surface area contributed by atoms with Crippen molar-refractivity contribution >= 4 is 33.3 Å². The van der Waals surface area contributed by atoms with E-state index in [2.05, 4.69) is 15.9 Å². The highest BCUT2D eigenvalue weighted by molar-refractivity contribution is 9.10.